The molecule has 0 aliphatic rings. The first kappa shape index (κ1) is 7.65. The van der Waals surface area contributed by atoms with Crippen molar-refractivity contribution in [2.45, 2.75) is 6.92 Å². The van der Waals surface area contributed by atoms with Crippen LogP contribution in [0.1, 0.15) is 15.9 Å². The lowest BCUT2D eigenvalue weighted by Crippen LogP contribution is -2.02. The highest BCUT2D eigenvalue weighted by Gasteiger charge is 2.10. The fourth-order valence-electron chi connectivity index (χ4n) is 0.702. The molecule has 1 aromatic rings. The maximum Gasteiger partial charge on any atom is 0.340 e. The number of rotatable bonds is 1. The van der Waals surface area contributed by atoms with Crippen LogP contribution in [-0.4, -0.2) is 16.1 Å². The van der Waals surface area contributed by atoms with E-state index in [1.165, 1.54) is 12.3 Å². The normalized spacial score (nSPS) is 9.64. The van der Waals surface area contributed by atoms with E-state index >= 15 is 0 Å². The van der Waals surface area contributed by atoms with Gasteiger partial charge in [0.1, 0.15) is 5.56 Å². The highest BCUT2D eigenvalue weighted by molar-refractivity contribution is 5.87. The Labute approximate surface area is 62.5 Å². The van der Waals surface area contributed by atoms with Gasteiger partial charge in [0.15, 0.2) is 0 Å². The van der Waals surface area contributed by atoms with Crippen LogP contribution < -0.4 is 0 Å². The Morgan fingerprint density at radius 1 is 1.73 bits per heavy atom. The minimum absolute atomic E-state index is 0.384. The fourth-order valence-corrected chi connectivity index (χ4v) is 0.702. The van der Waals surface area contributed by atoms with Crippen LogP contribution in [0.15, 0.2) is 12.3 Å². The zero-order chi connectivity index (χ0) is 8.43. The van der Waals surface area contributed by atoms with Crippen LogP contribution in [0.5, 0.6) is 0 Å². The van der Waals surface area contributed by atoms with Crippen molar-refractivity contribution in [3.8, 4) is 0 Å². The van der Waals surface area contributed by atoms with Gasteiger partial charge in [0.25, 0.3) is 0 Å². The van der Waals surface area contributed by atoms with Crippen molar-refractivity contribution in [1.29, 1.82) is 0 Å². The minimum atomic E-state index is -1.29. The van der Waals surface area contributed by atoms with E-state index in [1.54, 1.807) is 6.92 Å². The summed E-state index contributed by atoms with van der Waals surface area (Å²) in [5.74, 6) is -2.23. The number of carboxylic acid groups (broad SMARTS) is 1. The molecule has 0 saturated carbocycles. The van der Waals surface area contributed by atoms with Gasteiger partial charge >= 0.3 is 5.97 Å². The summed E-state index contributed by atoms with van der Waals surface area (Å²) in [6, 6.07) is 1.24. The van der Waals surface area contributed by atoms with Gasteiger partial charge in [-0.05, 0) is 18.6 Å². The average molecular weight is 155 g/mol. The molecule has 0 fully saturated rings. The summed E-state index contributed by atoms with van der Waals surface area (Å²) in [5.41, 5.74) is 0.244. The number of aromatic nitrogens is 1. The average Bonchev–Trinajstić information content (AvgIpc) is 1.94. The molecule has 0 saturated heterocycles. The molecule has 3 nitrogen and oxygen atoms in total. The quantitative estimate of drug-likeness (QED) is 0.620. The third kappa shape index (κ3) is 1.52. The molecular formula is C7H6FNO2. The molecule has 0 aliphatic heterocycles. The standard InChI is InChI=1S/C7H6FNO2/c1-4-2-5(7(10)11)6(8)9-3-4/h2-3H,1H3,(H,10,11). The van der Waals surface area contributed by atoms with E-state index < -0.39 is 11.9 Å². The molecule has 0 bridgehead atoms. The van der Waals surface area contributed by atoms with E-state index in [9.17, 15) is 9.18 Å². The van der Waals surface area contributed by atoms with Crippen LogP contribution in [-0.2, 0) is 0 Å². The third-order valence-electron chi connectivity index (χ3n) is 1.21. The van der Waals surface area contributed by atoms with E-state index in [1.807, 2.05) is 0 Å². The molecule has 1 aromatic heterocycles. The monoisotopic (exact) mass is 155 g/mol. The number of hydrogen-bond donors (Lipinski definition) is 1. The maximum atomic E-state index is 12.5. The molecule has 0 unspecified atom stereocenters. The molecule has 0 aliphatic carbocycles. The second-order valence-electron chi connectivity index (χ2n) is 2.16. The van der Waals surface area contributed by atoms with Crippen molar-refractivity contribution >= 4 is 5.97 Å². The van der Waals surface area contributed by atoms with Gasteiger partial charge in [0.05, 0.1) is 0 Å². The van der Waals surface area contributed by atoms with Gasteiger partial charge in [-0.3, -0.25) is 0 Å². The lowest BCUT2D eigenvalue weighted by molar-refractivity contribution is 0.0690. The fraction of sp³-hybridized carbons (Fsp3) is 0.143. The van der Waals surface area contributed by atoms with Gasteiger partial charge in [0.2, 0.25) is 5.95 Å². The van der Waals surface area contributed by atoms with E-state index in [4.69, 9.17) is 5.11 Å². The Hall–Kier alpha value is -1.45. The molecule has 4 heteroatoms. The van der Waals surface area contributed by atoms with Crippen LogP contribution in [0.25, 0.3) is 0 Å². The molecule has 1 N–H and O–H groups in total. The Morgan fingerprint density at radius 2 is 2.36 bits per heavy atom. The summed E-state index contributed by atoms with van der Waals surface area (Å²) in [5, 5.41) is 8.41. The van der Waals surface area contributed by atoms with Crippen LogP contribution in [0.2, 0.25) is 0 Å². The number of aromatic carboxylic acids is 1. The molecule has 1 heterocycles. The molecule has 0 atom stereocenters. The van der Waals surface area contributed by atoms with E-state index in [0.717, 1.165) is 0 Å². The van der Waals surface area contributed by atoms with Crippen LogP contribution in [0.4, 0.5) is 4.39 Å². The first-order valence-electron chi connectivity index (χ1n) is 2.96. The van der Waals surface area contributed by atoms with Gasteiger partial charge in [-0.25, -0.2) is 9.78 Å². The van der Waals surface area contributed by atoms with Crippen molar-refractivity contribution in [1.82, 2.24) is 4.98 Å². The topological polar surface area (TPSA) is 50.2 Å². The first-order chi connectivity index (χ1) is 5.11. The van der Waals surface area contributed by atoms with Crippen molar-refractivity contribution in [2.24, 2.45) is 0 Å². The summed E-state index contributed by atoms with van der Waals surface area (Å²) in [4.78, 5) is 13.5. The molecule has 1 rings (SSSR count). The molecule has 0 amide bonds. The Kier molecular flexibility index (Phi) is 1.85. The molecular weight excluding hydrogens is 149 g/mol. The Morgan fingerprint density at radius 3 is 2.82 bits per heavy atom. The zero-order valence-electron chi connectivity index (χ0n) is 5.84. The first-order valence-corrected chi connectivity index (χ1v) is 2.96. The summed E-state index contributed by atoms with van der Waals surface area (Å²) in [6.07, 6.45) is 1.28. The number of carbonyl (C=O) groups is 1. The second-order valence-corrected chi connectivity index (χ2v) is 2.16. The van der Waals surface area contributed by atoms with Crippen LogP contribution in [0, 0.1) is 12.9 Å². The van der Waals surface area contributed by atoms with Gasteiger partial charge in [0, 0.05) is 6.20 Å². The predicted molar refractivity (Wildman–Crippen MR) is 35.9 cm³/mol. The molecule has 0 radical (unpaired) electrons. The molecule has 58 valence electrons. The van der Waals surface area contributed by atoms with E-state index in [-0.39, 0.29) is 5.56 Å². The number of pyridine rings is 1. The van der Waals surface area contributed by atoms with Gasteiger partial charge < -0.3 is 5.11 Å². The number of carboxylic acids is 1. The lowest BCUT2D eigenvalue weighted by atomic mass is 10.2. The summed E-state index contributed by atoms with van der Waals surface area (Å²) in [6.45, 7) is 1.65. The van der Waals surface area contributed by atoms with Crippen molar-refractivity contribution in [2.75, 3.05) is 0 Å². The summed E-state index contributed by atoms with van der Waals surface area (Å²) in [7, 11) is 0. The number of nitrogens with zero attached hydrogens (tertiary/aromatic N) is 1. The SMILES string of the molecule is Cc1cnc(F)c(C(=O)O)c1. The summed E-state index contributed by atoms with van der Waals surface area (Å²) < 4.78 is 12.5. The third-order valence-corrected chi connectivity index (χ3v) is 1.21. The number of hydrogen-bond acceptors (Lipinski definition) is 2. The van der Waals surface area contributed by atoms with Crippen molar-refractivity contribution in [3.63, 3.8) is 0 Å². The number of aryl methyl sites for hydroxylation is 1. The molecule has 0 spiro atoms. The van der Waals surface area contributed by atoms with Crippen molar-refractivity contribution in [3.05, 3.63) is 29.3 Å². The largest absolute Gasteiger partial charge is 0.478 e. The van der Waals surface area contributed by atoms with Gasteiger partial charge in [-0.2, -0.15) is 4.39 Å². The van der Waals surface area contributed by atoms with E-state index in [2.05, 4.69) is 4.98 Å². The zero-order valence-corrected chi connectivity index (χ0v) is 5.84. The molecule has 0 aromatic carbocycles. The van der Waals surface area contributed by atoms with Gasteiger partial charge in [-0.15, -0.1) is 0 Å². The number of halogens is 1. The highest BCUT2D eigenvalue weighted by Crippen LogP contribution is 2.05. The predicted octanol–water partition coefficient (Wildman–Crippen LogP) is 1.23. The minimum Gasteiger partial charge on any atom is -0.478 e. The van der Waals surface area contributed by atoms with E-state index in [0.29, 0.717) is 5.56 Å². The lowest BCUT2D eigenvalue weighted by Gasteiger charge is -1.96. The smallest absolute Gasteiger partial charge is 0.340 e. The Bertz CT molecular complexity index is 298. The van der Waals surface area contributed by atoms with Crippen LogP contribution in [0.3, 0.4) is 0 Å². The Balaban J connectivity index is 3.23. The molecule has 11 heavy (non-hydrogen) atoms. The van der Waals surface area contributed by atoms with Crippen LogP contribution >= 0.6 is 0 Å². The van der Waals surface area contributed by atoms with Crippen molar-refractivity contribution < 1.29 is 14.3 Å². The van der Waals surface area contributed by atoms with Gasteiger partial charge in [-0.1, -0.05) is 0 Å². The highest BCUT2D eigenvalue weighted by atomic mass is 19.1. The maximum absolute atomic E-state index is 12.5. The summed E-state index contributed by atoms with van der Waals surface area (Å²) >= 11 is 0. The second kappa shape index (κ2) is 2.65.